The number of rotatable bonds is 4. The predicted molar refractivity (Wildman–Crippen MR) is 80.2 cm³/mol. The van der Waals surface area contributed by atoms with E-state index in [0.29, 0.717) is 22.9 Å². The first kappa shape index (κ1) is 14.7. The van der Waals surface area contributed by atoms with Crippen LogP contribution in [0.1, 0.15) is 17.3 Å². The summed E-state index contributed by atoms with van der Waals surface area (Å²) < 4.78 is 4.97. The number of nitrogen functional groups attached to an aromatic ring is 1. The summed E-state index contributed by atoms with van der Waals surface area (Å²) >= 11 is 7.16. The van der Waals surface area contributed by atoms with E-state index in [1.807, 2.05) is 0 Å². The van der Waals surface area contributed by atoms with Crippen molar-refractivity contribution in [3.63, 3.8) is 0 Å². The number of carbonyl (C=O) groups excluding carboxylic acids is 1. The molecule has 2 aromatic rings. The Morgan fingerprint density at radius 2 is 2.20 bits per heavy atom. The Kier molecular flexibility index (Phi) is 4.87. The Hall–Kier alpha value is -1.72. The average Bonchev–Trinajstić information content (AvgIpc) is 2.44. The highest BCUT2D eigenvalue weighted by Gasteiger charge is 2.10. The summed E-state index contributed by atoms with van der Waals surface area (Å²) in [5.41, 5.74) is 6.97. The monoisotopic (exact) mass is 308 g/mol. The van der Waals surface area contributed by atoms with Crippen molar-refractivity contribution in [2.24, 2.45) is 0 Å². The number of carbonyl (C=O) groups is 1. The molecule has 6 heteroatoms. The maximum absolute atomic E-state index is 11.7. The molecule has 0 aliphatic heterocycles. The van der Waals surface area contributed by atoms with Gasteiger partial charge in [0.25, 0.3) is 0 Å². The molecule has 0 saturated heterocycles. The topological polar surface area (TPSA) is 65.2 Å². The highest BCUT2D eigenvalue weighted by molar-refractivity contribution is 7.99. The standard InChI is InChI=1S/C14H13ClN2O2S/c1-2-19-14(18)9-3-5-11(16)12(7-9)20-13-6-4-10(15)8-17-13/h3-8H,2,16H2,1H3. The first-order valence-corrected chi connectivity index (χ1v) is 7.15. The molecule has 0 fully saturated rings. The maximum Gasteiger partial charge on any atom is 0.338 e. The molecule has 4 nitrogen and oxygen atoms in total. The molecule has 0 spiro atoms. The molecule has 2 rings (SSSR count). The second-order valence-corrected chi connectivity index (χ2v) is 5.39. The fourth-order valence-electron chi connectivity index (χ4n) is 1.50. The molecule has 0 atom stereocenters. The first-order chi connectivity index (χ1) is 9.60. The van der Waals surface area contributed by atoms with Crippen LogP contribution in [0.25, 0.3) is 0 Å². The van der Waals surface area contributed by atoms with Crippen LogP contribution in [-0.4, -0.2) is 17.6 Å². The number of nitrogens with zero attached hydrogens (tertiary/aromatic N) is 1. The van der Waals surface area contributed by atoms with Gasteiger partial charge in [-0.2, -0.15) is 0 Å². The maximum atomic E-state index is 11.7. The number of nitrogens with two attached hydrogens (primary N) is 1. The Bertz CT molecular complexity index is 617. The molecule has 104 valence electrons. The molecular formula is C14H13ClN2O2S. The third kappa shape index (κ3) is 3.65. The number of pyridine rings is 1. The molecule has 0 saturated carbocycles. The number of hydrogen-bond acceptors (Lipinski definition) is 5. The van der Waals surface area contributed by atoms with Gasteiger partial charge in [-0.3, -0.25) is 0 Å². The van der Waals surface area contributed by atoms with E-state index in [1.165, 1.54) is 11.8 Å². The van der Waals surface area contributed by atoms with E-state index >= 15 is 0 Å². The van der Waals surface area contributed by atoms with E-state index in [2.05, 4.69) is 4.98 Å². The number of benzene rings is 1. The van der Waals surface area contributed by atoms with Crippen LogP contribution >= 0.6 is 23.4 Å². The first-order valence-electron chi connectivity index (χ1n) is 5.96. The lowest BCUT2D eigenvalue weighted by molar-refractivity contribution is 0.0526. The Balaban J connectivity index is 2.24. The number of ether oxygens (including phenoxy) is 1. The largest absolute Gasteiger partial charge is 0.462 e. The molecule has 1 aromatic heterocycles. The summed E-state index contributed by atoms with van der Waals surface area (Å²) in [5.74, 6) is -0.363. The molecule has 2 N–H and O–H groups in total. The molecule has 0 amide bonds. The lowest BCUT2D eigenvalue weighted by Crippen LogP contribution is -2.05. The zero-order valence-corrected chi connectivity index (χ0v) is 12.4. The van der Waals surface area contributed by atoms with Gasteiger partial charge in [0.05, 0.1) is 17.2 Å². The van der Waals surface area contributed by atoms with Crippen molar-refractivity contribution < 1.29 is 9.53 Å². The van der Waals surface area contributed by atoms with Crippen molar-refractivity contribution in [1.29, 1.82) is 0 Å². The number of anilines is 1. The van der Waals surface area contributed by atoms with Crippen LogP contribution in [0.4, 0.5) is 5.69 Å². The molecule has 0 radical (unpaired) electrons. The van der Waals surface area contributed by atoms with E-state index in [0.717, 1.165) is 9.92 Å². The van der Waals surface area contributed by atoms with Gasteiger partial charge in [-0.15, -0.1) is 0 Å². The van der Waals surface area contributed by atoms with Gasteiger partial charge in [-0.05, 0) is 37.3 Å². The van der Waals surface area contributed by atoms with Crippen molar-refractivity contribution in [2.45, 2.75) is 16.8 Å². The van der Waals surface area contributed by atoms with Gasteiger partial charge in [0.2, 0.25) is 0 Å². The van der Waals surface area contributed by atoms with E-state index < -0.39 is 0 Å². The minimum absolute atomic E-state index is 0.338. The van der Waals surface area contributed by atoms with E-state index in [9.17, 15) is 4.79 Å². The molecule has 20 heavy (non-hydrogen) atoms. The number of aromatic nitrogens is 1. The van der Waals surface area contributed by atoms with Crippen molar-refractivity contribution >= 4 is 35.0 Å². The smallest absolute Gasteiger partial charge is 0.338 e. The van der Waals surface area contributed by atoms with E-state index in [-0.39, 0.29) is 5.97 Å². The number of hydrogen-bond donors (Lipinski definition) is 1. The SMILES string of the molecule is CCOC(=O)c1ccc(N)c(Sc2ccc(Cl)cn2)c1. The summed E-state index contributed by atoms with van der Waals surface area (Å²) in [6.07, 6.45) is 1.56. The van der Waals surface area contributed by atoms with Crippen molar-refractivity contribution in [3.8, 4) is 0 Å². The van der Waals surface area contributed by atoms with Crippen molar-refractivity contribution in [1.82, 2.24) is 4.98 Å². The van der Waals surface area contributed by atoms with Crippen molar-refractivity contribution in [3.05, 3.63) is 47.1 Å². The van der Waals surface area contributed by atoms with Gasteiger partial charge >= 0.3 is 5.97 Å². The van der Waals surface area contributed by atoms with Gasteiger partial charge in [-0.25, -0.2) is 9.78 Å². The third-order valence-corrected chi connectivity index (χ3v) is 3.69. The molecule has 1 aromatic carbocycles. The van der Waals surface area contributed by atoms with Crippen LogP contribution in [0, 0.1) is 0 Å². The summed E-state index contributed by atoms with van der Waals surface area (Å²) in [4.78, 5) is 16.6. The molecule has 0 aliphatic carbocycles. The van der Waals surface area contributed by atoms with Gasteiger partial charge in [0, 0.05) is 16.8 Å². The summed E-state index contributed by atoms with van der Waals surface area (Å²) in [6, 6.07) is 8.58. The quantitative estimate of drug-likeness (QED) is 0.690. The van der Waals surface area contributed by atoms with E-state index in [4.69, 9.17) is 22.1 Å². The summed E-state index contributed by atoms with van der Waals surface area (Å²) in [5, 5.41) is 1.32. The van der Waals surface area contributed by atoms with Crippen LogP contribution in [0.15, 0.2) is 46.5 Å². The summed E-state index contributed by atoms with van der Waals surface area (Å²) in [7, 11) is 0. The highest BCUT2D eigenvalue weighted by Crippen LogP contribution is 2.32. The zero-order valence-electron chi connectivity index (χ0n) is 10.8. The molecule has 0 aliphatic rings. The lowest BCUT2D eigenvalue weighted by Gasteiger charge is -2.07. The normalized spacial score (nSPS) is 10.3. The average molecular weight is 309 g/mol. The Morgan fingerprint density at radius 3 is 2.85 bits per heavy atom. The van der Waals surface area contributed by atoms with Gasteiger partial charge in [0.15, 0.2) is 0 Å². The zero-order chi connectivity index (χ0) is 14.5. The summed E-state index contributed by atoms with van der Waals surface area (Å²) in [6.45, 7) is 2.10. The minimum atomic E-state index is -0.363. The Labute approximate surface area is 126 Å². The second kappa shape index (κ2) is 6.63. The van der Waals surface area contributed by atoms with Crippen LogP contribution in [0.5, 0.6) is 0 Å². The Morgan fingerprint density at radius 1 is 1.40 bits per heavy atom. The van der Waals surface area contributed by atoms with Crippen molar-refractivity contribution in [2.75, 3.05) is 12.3 Å². The fraction of sp³-hybridized carbons (Fsp3) is 0.143. The lowest BCUT2D eigenvalue weighted by atomic mass is 10.2. The third-order valence-electron chi connectivity index (χ3n) is 2.44. The highest BCUT2D eigenvalue weighted by atomic mass is 35.5. The number of halogens is 1. The molecule has 0 bridgehead atoms. The van der Waals surface area contributed by atoms with Crippen LogP contribution in [0.2, 0.25) is 5.02 Å². The molecule has 0 unspecified atom stereocenters. The van der Waals surface area contributed by atoms with Gasteiger partial charge in [-0.1, -0.05) is 23.4 Å². The fourth-order valence-corrected chi connectivity index (χ4v) is 2.45. The predicted octanol–water partition coefficient (Wildman–Crippen LogP) is 3.65. The molecular weight excluding hydrogens is 296 g/mol. The minimum Gasteiger partial charge on any atom is -0.462 e. The van der Waals surface area contributed by atoms with E-state index in [1.54, 1.807) is 43.5 Å². The van der Waals surface area contributed by atoms with Crippen LogP contribution < -0.4 is 5.73 Å². The van der Waals surface area contributed by atoms with Gasteiger partial charge in [0.1, 0.15) is 5.03 Å². The second-order valence-electron chi connectivity index (χ2n) is 3.89. The van der Waals surface area contributed by atoms with Gasteiger partial charge < -0.3 is 10.5 Å². The number of esters is 1. The molecule has 1 heterocycles. The van der Waals surface area contributed by atoms with Crippen LogP contribution in [0.3, 0.4) is 0 Å². The van der Waals surface area contributed by atoms with Crippen LogP contribution in [-0.2, 0) is 4.74 Å².